The number of carbonyl (C=O) groups is 1. The SMILES string of the molecule is Cc1nccc(O[C@H]2CCN(C(=O)COc3cccc4c3OC(C)(C)C4)C2)n1. The Hall–Kier alpha value is -2.83. The van der Waals surface area contributed by atoms with Gasteiger partial charge in [-0.1, -0.05) is 12.1 Å². The Morgan fingerprint density at radius 3 is 3.04 bits per heavy atom. The fourth-order valence-electron chi connectivity index (χ4n) is 3.65. The zero-order valence-corrected chi connectivity index (χ0v) is 16.5. The summed E-state index contributed by atoms with van der Waals surface area (Å²) >= 11 is 0. The van der Waals surface area contributed by atoms with E-state index in [0.29, 0.717) is 30.5 Å². The number of hydrogen-bond acceptors (Lipinski definition) is 6. The van der Waals surface area contributed by atoms with Crippen molar-refractivity contribution < 1.29 is 19.0 Å². The second-order valence-electron chi connectivity index (χ2n) is 7.88. The lowest BCUT2D eigenvalue weighted by Gasteiger charge is -2.19. The summed E-state index contributed by atoms with van der Waals surface area (Å²) in [5.74, 6) is 2.53. The van der Waals surface area contributed by atoms with E-state index < -0.39 is 0 Å². The van der Waals surface area contributed by atoms with Crippen molar-refractivity contribution in [2.24, 2.45) is 0 Å². The van der Waals surface area contributed by atoms with E-state index in [1.54, 1.807) is 17.2 Å². The third kappa shape index (κ3) is 4.03. The zero-order chi connectivity index (χ0) is 19.7. The molecule has 4 rings (SSSR count). The lowest BCUT2D eigenvalue weighted by Crippen LogP contribution is -2.34. The summed E-state index contributed by atoms with van der Waals surface area (Å²) in [4.78, 5) is 22.7. The van der Waals surface area contributed by atoms with Crippen LogP contribution in [-0.4, -0.2) is 52.2 Å². The molecule has 0 saturated carbocycles. The van der Waals surface area contributed by atoms with Gasteiger partial charge in [0.2, 0.25) is 5.88 Å². The summed E-state index contributed by atoms with van der Waals surface area (Å²) < 4.78 is 17.7. The average molecular weight is 383 g/mol. The van der Waals surface area contributed by atoms with Gasteiger partial charge in [0.05, 0.1) is 6.54 Å². The average Bonchev–Trinajstić information content (AvgIpc) is 3.22. The highest BCUT2D eigenvalue weighted by atomic mass is 16.5. The van der Waals surface area contributed by atoms with Crippen molar-refractivity contribution in [3.05, 3.63) is 41.9 Å². The van der Waals surface area contributed by atoms with E-state index in [-0.39, 0.29) is 24.2 Å². The molecule has 0 radical (unpaired) electrons. The molecule has 148 valence electrons. The van der Waals surface area contributed by atoms with E-state index >= 15 is 0 Å². The molecule has 0 bridgehead atoms. The quantitative estimate of drug-likeness (QED) is 0.790. The van der Waals surface area contributed by atoms with Crippen LogP contribution in [0.3, 0.4) is 0 Å². The molecule has 28 heavy (non-hydrogen) atoms. The van der Waals surface area contributed by atoms with Gasteiger partial charge >= 0.3 is 0 Å². The molecule has 1 amide bonds. The minimum atomic E-state index is -0.245. The molecule has 2 aliphatic rings. The molecule has 2 aromatic rings. The Kier molecular flexibility index (Phi) is 4.83. The van der Waals surface area contributed by atoms with Crippen LogP contribution in [0.25, 0.3) is 0 Å². The molecule has 2 aliphatic heterocycles. The minimum absolute atomic E-state index is 0.0143. The summed E-state index contributed by atoms with van der Waals surface area (Å²) in [6.45, 7) is 7.07. The molecule has 7 heteroatoms. The molecule has 0 unspecified atom stereocenters. The van der Waals surface area contributed by atoms with E-state index in [4.69, 9.17) is 14.2 Å². The van der Waals surface area contributed by atoms with Crippen LogP contribution in [0.1, 0.15) is 31.7 Å². The number of benzene rings is 1. The monoisotopic (exact) mass is 383 g/mol. The predicted molar refractivity (Wildman–Crippen MR) is 103 cm³/mol. The number of ether oxygens (including phenoxy) is 3. The van der Waals surface area contributed by atoms with Crippen LogP contribution in [0.4, 0.5) is 0 Å². The normalized spacial score (nSPS) is 19.8. The van der Waals surface area contributed by atoms with Crippen LogP contribution in [0.5, 0.6) is 17.4 Å². The van der Waals surface area contributed by atoms with Crippen LogP contribution in [-0.2, 0) is 11.2 Å². The highest BCUT2D eigenvalue weighted by Gasteiger charge is 2.33. The first kappa shape index (κ1) is 18.5. The van der Waals surface area contributed by atoms with Crippen molar-refractivity contribution in [2.45, 2.75) is 45.3 Å². The maximum Gasteiger partial charge on any atom is 0.260 e. The maximum absolute atomic E-state index is 12.6. The highest BCUT2D eigenvalue weighted by Crippen LogP contribution is 2.41. The van der Waals surface area contributed by atoms with Gasteiger partial charge in [0.25, 0.3) is 5.91 Å². The smallest absolute Gasteiger partial charge is 0.260 e. The first-order valence-corrected chi connectivity index (χ1v) is 9.57. The topological polar surface area (TPSA) is 73.8 Å². The van der Waals surface area contributed by atoms with Gasteiger partial charge in [-0.2, -0.15) is 4.98 Å². The number of likely N-dealkylation sites (tertiary alicyclic amines) is 1. The number of hydrogen-bond donors (Lipinski definition) is 0. The molecule has 1 atom stereocenters. The van der Waals surface area contributed by atoms with E-state index in [1.807, 2.05) is 39.0 Å². The summed E-state index contributed by atoms with van der Waals surface area (Å²) in [6.07, 6.45) is 3.21. The molecule has 7 nitrogen and oxygen atoms in total. The van der Waals surface area contributed by atoms with Gasteiger partial charge in [0.1, 0.15) is 17.5 Å². The second kappa shape index (κ2) is 7.30. The summed E-state index contributed by atoms with van der Waals surface area (Å²) in [6, 6.07) is 7.56. The fraction of sp³-hybridized carbons (Fsp3) is 0.476. The van der Waals surface area contributed by atoms with E-state index in [1.165, 1.54) is 0 Å². The van der Waals surface area contributed by atoms with Gasteiger partial charge in [-0.3, -0.25) is 4.79 Å². The summed E-state index contributed by atoms with van der Waals surface area (Å²) in [7, 11) is 0. The Morgan fingerprint density at radius 2 is 2.21 bits per heavy atom. The molecule has 0 N–H and O–H groups in total. The Labute approximate surface area is 164 Å². The van der Waals surface area contributed by atoms with Crippen LogP contribution in [0.15, 0.2) is 30.5 Å². The Balaban J connectivity index is 1.32. The largest absolute Gasteiger partial charge is 0.483 e. The van der Waals surface area contributed by atoms with Crippen molar-refractivity contribution in [2.75, 3.05) is 19.7 Å². The van der Waals surface area contributed by atoms with E-state index in [0.717, 1.165) is 24.2 Å². The zero-order valence-electron chi connectivity index (χ0n) is 16.5. The van der Waals surface area contributed by atoms with Crippen LogP contribution in [0, 0.1) is 6.92 Å². The number of amides is 1. The molecule has 1 aromatic heterocycles. The van der Waals surface area contributed by atoms with Crippen LogP contribution in [0.2, 0.25) is 0 Å². The third-order valence-corrected chi connectivity index (χ3v) is 4.94. The third-order valence-electron chi connectivity index (χ3n) is 4.94. The van der Waals surface area contributed by atoms with Crippen molar-refractivity contribution in [3.8, 4) is 17.4 Å². The number of rotatable bonds is 5. The molecule has 1 saturated heterocycles. The van der Waals surface area contributed by atoms with Gasteiger partial charge in [0, 0.05) is 37.2 Å². The van der Waals surface area contributed by atoms with Crippen LogP contribution >= 0.6 is 0 Å². The number of carbonyl (C=O) groups excluding carboxylic acids is 1. The number of aryl methyl sites for hydroxylation is 1. The van der Waals surface area contributed by atoms with Crippen LogP contribution < -0.4 is 14.2 Å². The molecule has 1 fully saturated rings. The van der Waals surface area contributed by atoms with Gasteiger partial charge in [-0.15, -0.1) is 0 Å². The lowest BCUT2D eigenvalue weighted by molar-refractivity contribution is -0.132. The van der Waals surface area contributed by atoms with Crippen molar-refractivity contribution in [1.82, 2.24) is 14.9 Å². The first-order valence-electron chi connectivity index (χ1n) is 9.57. The molecule has 1 aromatic carbocycles. The van der Waals surface area contributed by atoms with Crippen molar-refractivity contribution in [1.29, 1.82) is 0 Å². The first-order chi connectivity index (χ1) is 13.4. The van der Waals surface area contributed by atoms with Crippen molar-refractivity contribution in [3.63, 3.8) is 0 Å². The van der Waals surface area contributed by atoms with E-state index in [2.05, 4.69) is 9.97 Å². The number of para-hydroxylation sites is 1. The highest BCUT2D eigenvalue weighted by molar-refractivity contribution is 5.78. The molecule has 0 spiro atoms. The Morgan fingerprint density at radius 1 is 1.36 bits per heavy atom. The van der Waals surface area contributed by atoms with Gasteiger partial charge in [0.15, 0.2) is 18.1 Å². The number of nitrogens with zero attached hydrogens (tertiary/aromatic N) is 3. The van der Waals surface area contributed by atoms with Gasteiger partial charge in [-0.25, -0.2) is 4.98 Å². The standard InChI is InChI=1S/C21H25N3O4/c1-14-22-9-7-18(23-14)27-16-8-10-24(12-16)19(25)13-26-17-6-4-5-15-11-21(2,3)28-20(15)17/h4-7,9,16H,8,10-13H2,1-3H3/t16-/m0/s1. The van der Waals surface area contributed by atoms with E-state index in [9.17, 15) is 4.79 Å². The molecule has 0 aliphatic carbocycles. The molecule has 3 heterocycles. The Bertz CT molecular complexity index is 884. The minimum Gasteiger partial charge on any atom is -0.483 e. The molecular weight excluding hydrogens is 358 g/mol. The summed E-state index contributed by atoms with van der Waals surface area (Å²) in [5, 5.41) is 0. The van der Waals surface area contributed by atoms with Gasteiger partial charge < -0.3 is 19.1 Å². The number of aromatic nitrogens is 2. The summed E-state index contributed by atoms with van der Waals surface area (Å²) in [5.41, 5.74) is 0.870. The number of fused-ring (bicyclic) bond motifs is 1. The maximum atomic E-state index is 12.6. The lowest BCUT2D eigenvalue weighted by atomic mass is 10.0. The second-order valence-corrected chi connectivity index (χ2v) is 7.88. The van der Waals surface area contributed by atoms with Crippen molar-refractivity contribution >= 4 is 5.91 Å². The van der Waals surface area contributed by atoms with Gasteiger partial charge in [-0.05, 0) is 26.8 Å². The predicted octanol–water partition coefficient (Wildman–Crippen LogP) is 2.56. The molecular formula is C21H25N3O4. The fourth-order valence-corrected chi connectivity index (χ4v) is 3.65.